The van der Waals surface area contributed by atoms with E-state index in [4.69, 9.17) is 4.74 Å². The van der Waals surface area contributed by atoms with Crippen LogP contribution in [0.2, 0.25) is 0 Å². The lowest BCUT2D eigenvalue weighted by atomic mass is 9.97. The molecule has 0 spiro atoms. The van der Waals surface area contributed by atoms with E-state index < -0.39 is 5.43 Å². The highest BCUT2D eigenvalue weighted by Gasteiger charge is 2.33. The minimum atomic E-state index is -0.395. The first-order valence-electron chi connectivity index (χ1n) is 9.85. The molecule has 7 heteroatoms. The number of hydrogen-bond donors (Lipinski definition) is 1. The maximum absolute atomic E-state index is 12.2. The van der Waals surface area contributed by atoms with Gasteiger partial charge in [0.1, 0.15) is 11.4 Å². The largest absolute Gasteiger partial charge is 0.450 e. The topological polar surface area (TPSA) is 79.0 Å². The van der Waals surface area contributed by atoms with Crippen LogP contribution in [0.5, 0.6) is 0 Å². The zero-order valence-electron chi connectivity index (χ0n) is 15.8. The van der Waals surface area contributed by atoms with Gasteiger partial charge >= 0.3 is 6.09 Å². The van der Waals surface area contributed by atoms with Crippen LogP contribution in [-0.2, 0) is 4.74 Å². The Labute approximate surface area is 154 Å². The third-order valence-electron chi connectivity index (χ3n) is 5.64. The van der Waals surface area contributed by atoms with Crippen LogP contribution >= 0.6 is 0 Å². The second-order valence-electron chi connectivity index (χ2n) is 7.24. The highest BCUT2D eigenvalue weighted by atomic mass is 16.6. The summed E-state index contributed by atoms with van der Waals surface area (Å²) in [5, 5.41) is 3.31. The van der Waals surface area contributed by atoms with Crippen LogP contribution in [0.15, 0.2) is 9.59 Å². The molecular weight excluding hydrogens is 334 g/mol. The van der Waals surface area contributed by atoms with Gasteiger partial charge in [0.05, 0.1) is 6.61 Å². The Morgan fingerprint density at radius 3 is 2.46 bits per heavy atom. The SMILES string of the molecule is CCOC(=O)N1CCC(Nc2c(N3CCCCC3CC)c(=O)c2=O)CC1. The molecule has 7 nitrogen and oxygen atoms in total. The Morgan fingerprint density at radius 2 is 1.81 bits per heavy atom. The van der Waals surface area contributed by atoms with Crippen molar-refractivity contribution in [3.63, 3.8) is 0 Å². The van der Waals surface area contributed by atoms with Gasteiger partial charge in [-0.3, -0.25) is 9.59 Å². The van der Waals surface area contributed by atoms with Gasteiger partial charge in [-0.15, -0.1) is 0 Å². The number of nitrogens with one attached hydrogen (secondary N) is 1. The molecule has 1 unspecified atom stereocenters. The Balaban J connectivity index is 1.65. The maximum atomic E-state index is 12.2. The van der Waals surface area contributed by atoms with E-state index in [1.807, 2.05) is 0 Å². The van der Waals surface area contributed by atoms with E-state index in [9.17, 15) is 14.4 Å². The van der Waals surface area contributed by atoms with Crippen LogP contribution in [0, 0.1) is 0 Å². The Morgan fingerprint density at radius 1 is 1.08 bits per heavy atom. The van der Waals surface area contributed by atoms with Crippen molar-refractivity contribution in [1.82, 2.24) is 4.90 Å². The van der Waals surface area contributed by atoms with Crippen molar-refractivity contribution < 1.29 is 9.53 Å². The molecule has 144 valence electrons. The maximum Gasteiger partial charge on any atom is 0.409 e. The van der Waals surface area contributed by atoms with Gasteiger partial charge in [0.25, 0.3) is 10.9 Å². The molecule has 2 saturated heterocycles. The number of ether oxygens (including phenoxy) is 1. The first kappa shape index (κ1) is 18.7. The smallest absolute Gasteiger partial charge is 0.409 e. The number of amides is 1. The zero-order valence-corrected chi connectivity index (χ0v) is 15.8. The summed E-state index contributed by atoms with van der Waals surface area (Å²) in [6.07, 6.45) is 5.51. The predicted molar refractivity (Wildman–Crippen MR) is 102 cm³/mol. The highest BCUT2D eigenvalue weighted by molar-refractivity contribution is 5.76. The molecule has 3 rings (SSSR count). The summed E-state index contributed by atoms with van der Waals surface area (Å²) in [4.78, 5) is 40.0. The molecule has 2 heterocycles. The van der Waals surface area contributed by atoms with Gasteiger partial charge in [-0.25, -0.2) is 4.79 Å². The summed E-state index contributed by atoms with van der Waals surface area (Å²) in [7, 11) is 0. The lowest BCUT2D eigenvalue weighted by Gasteiger charge is -2.39. The highest BCUT2D eigenvalue weighted by Crippen LogP contribution is 2.30. The summed E-state index contributed by atoms with van der Waals surface area (Å²) in [5.41, 5.74) is 0.337. The second-order valence-corrected chi connectivity index (χ2v) is 7.24. The summed E-state index contributed by atoms with van der Waals surface area (Å²) in [5.74, 6) is 0. The van der Waals surface area contributed by atoms with Gasteiger partial charge in [-0.05, 0) is 45.4 Å². The second kappa shape index (κ2) is 8.10. The average Bonchev–Trinajstić information content (AvgIpc) is 2.68. The number of hydrogen-bond acceptors (Lipinski definition) is 6. The van der Waals surface area contributed by atoms with Crippen molar-refractivity contribution in [2.24, 2.45) is 0 Å². The van der Waals surface area contributed by atoms with Crippen molar-refractivity contribution >= 4 is 17.5 Å². The zero-order chi connectivity index (χ0) is 18.7. The molecule has 2 fully saturated rings. The van der Waals surface area contributed by atoms with E-state index in [0.29, 0.717) is 37.1 Å². The minimum absolute atomic E-state index is 0.104. The molecule has 0 radical (unpaired) electrons. The van der Waals surface area contributed by atoms with E-state index in [1.54, 1.807) is 11.8 Å². The molecule has 1 aromatic rings. The molecule has 1 N–H and O–H groups in total. The van der Waals surface area contributed by atoms with Gasteiger partial charge in [0, 0.05) is 31.7 Å². The number of piperidine rings is 2. The van der Waals surface area contributed by atoms with Crippen LogP contribution in [0.25, 0.3) is 0 Å². The van der Waals surface area contributed by atoms with E-state index in [-0.39, 0.29) is 17.6 Å². The molecule has 0 bridgehead atoms. The molecule has 2 aliphatic heterocycles. The molecular formula is C19H29N3O4. The van der Waals surface area contributed by atoms with E-state index in [2.05, 4.69) is 17.1 Å². The molecule has 2 aliphatic rings. The summed E-state index contributed by atoms with van der Waals surface area (Å²) in [6, 6.07) is 0.450. The summed E-state index contributed by atoms with van der Waals surface area (Å²) >= 11 is 0. The van der Waals surface area contributed by atoms with Crippen molar-refractivity contribution in [2.45, 2.75) is 64.5 Å². The number of anilines is 2. The lowest BCUT2D eigenvalue weighted by Crippen LogP contribution is -2.50. The normalized spacial score (nSPS) is 21.8. The monoisotopic (exact) mass is 363 g/mol. The van der Waals surface area contributed by atoms with E-state index in [0.717, 1.165) is 38.6 Å². The third kappa shape index (κ3) is 3.57. The predicted octanol–water partition coefficient (Wildman–Crippen LogP) is 2.08. The fourth-order valence-corrected chi connectivity index (χ4v) is 4.13. The van der Waals surface area contributed by atoms with Gasteiger partial charge in [-0.1, -0.05) is 6.92 Å². The van der Waals surface area contributed by atoms with Crippen molar-refractivity contribution in [3.05, 3.63) is 20.4 Å². The first-order valence-corrected chi connectivity index (χ1v) is 9.85. The van der Waals surface area contributed by atoms with Crippen molar-refractivity contribution in [3.8, 4) is 0 Å². The summed E-state index contributed by atoms with van der Waals surface area (Å²) in [6.45, 7) is 6.35. The fourth-order valence-electron chi connectivity index (χ4n) is 4.13. The van der Waals surface area contributed by atoms with Crippen LogP contribution < -0.4 is 21.1 Å². The number of nitrogens with zero attached hydrogens (tertiary/aromatic N) is 2. The molecule has 1 amide bonds. The molecule has 1 aromatic carbocycles. The molecule has 1 atom stereocenters. The third-order valence-corrected chi connectivity index (χ3v) is 5.64. The lowest BCUT2D eigenvalue weighted by molar-refractivity contribution is 0.0983. The molecule has 26 heavy (non-hydrogen) atoms. The van der Waals surface area contributed by atoms with E-state index in [1.165, 1.54) is 6.42 Å². The van der Waals surface area contributed by atoms with Crippen molar-refractivity contribution in [2.75, 3.05) is 36.5 Å². The van der Waals surface area contributed by atoms with E-state index >= 15 is 0 Å². The van der Waals surface area contributed by atoms with Crippen LogP contribution in [-0.4, -0.2) is 49.3 Å². The number of rotatable bonds is 5. The molecule has 0 aromatic heterocycles. The Bertz CT molecular complexity index is 702. The van der Waals surface area contributed by atoms with Crippen LogP contribution in [0.1, 0.15) is 52.4 Å². The van der Waals surface area contributed by atoms with Crippen molar-refractivity contribution in [1.29, 1.82) is 0 Å². The number of carbonyl (C=O) groups excluding carboxylic acids is 1. The van der Waals surface area contributed by atoms with Crippen LogP contribution in [0.4, 0.5) is 16.2 Å². The van der Waals surface area contributed by atoms with Gasteiger partial charge in [-0.2, -0.15) is 0 Å². The van der Waals surface area contributed by atoms with Gasteiger partial charge in [0.2, 0.25) is 0 Å². The van der Waals surface area contributed by atoms with Crippen LogP contribution in [0.3, 0.4) is 0 Å². The Kier molecular flexibility index (Phi) is 5.84. The minimum Gasteiger partial charge on any atom is -0.450 e. The number of carbonyl (C=O) groups is 1. The fraction of sp³-hybridized carbons (Fsp3) is 0.737. The first-order chi connectivity index (χ1) is 12.6. The molecule has 0 saturated carbocycles. The summed E-state index contributed by atoms with van der Waals surface area (Å²) < 4.78 is 5.03. The number of likely N-dealkylation sites (tertiary alicyclic amines) is 1. The average molecular weight is 363 g/mol. The standard InChI is InChI=1S/C19H29N3O4/c1-3-14-7-5-6-10-22(14)16-15(17(23)18(16)24)20-13-8-11-21(12-9-13)19(25)26-4-2/h13-14,20H,3-12H2,1-2H3. The molecule has 0 aliphatic carbocycles. The van der Waals surface area contributed by atoms with Gasteiger partial charge in [0.15, 0.2) is 0 Å². The Hall–Kier alpha value is -2.05. The quantitative estimate of drug-likeness (QED) is 0.807. The van der Waals surface area contributed by atoms with Gasteiger partial charge < -0.3 is 19.9 Å².